The second-order valence-corrected chi connectivity index (χ2v) is 11.8. The predicted molar refractivity (Wildman–Crippen MR) is 124 cm³/mol. The molecular weight excluding hydrogens is 426 g/mol. The quantitative estimate of drug-likeness (QED) is 0.600. The first-order valence-electron chi connectivity index (χ1n) is 11.3. The Bertz CT molecular complexity index is 902. The van der Waals surface area contributed by atoms with E-state index in [0.717, 1.165) is 12.0 Å². The number of amides is 3. The van der Waals surface area contributed by atoms with Gasteiger partial charge in [-0.1, -0.05) is 37.3 Å². The normalized spacial score (nSPS) is 33.3. The number of hydrogen-bond acceptors (Lipinski definition) is 5. The van der Waals surface area contributed by atoms with Crippen LogP contribution in [-0.2, 0) is 20.9 Å². The van der Waals surface area contributed by atoms with Crippen LogP contribution in [0.15, 0.2) is 30.3 Å². The molecule has 3 saturated heterocycles. The number of carbonyl (C=O) groups excluding carboxylic acids is 3. The summed E-state index contributed by atoms with van der Waals surface area (Å²) in [5.41, 5.74) is 0.554. The maximum Gasteiger partial charge on any atom is 0.244 e. The van der Waals surface area contributed by atoms with Crippen molar-refractivity contribution in [3.05, 3.63) is 35.9 Å². The molecule has 1 aromatic rings. The van der Waals surface area contributed by atoms with Crippen LogP contribution in [-0.4, -0.2) is 62.5 Å². The summed E-state index contributed by atoms with van der Waals surface area (Å²) in [6, 6.07) is 9.00. The minimum atomic E-state index is -0.691. The van der Waals surface area contributed by atoms with Gasteiger partial charge in [0.15, 0.2) is 0 Å². The zero-order chi connectivity index (χ0) is 23.3. The molecule has 7 nitrogen and oxygen atoms in total. The second kappa shape index (κ2) is 8.37. The van der Waals surface area contributed by atoms with Crippen LogP contribution in [0.2, 0.25) is 0 Å². The van der Waals surface area contributed by atoms with E-state index in [1.807, 2.05) is 51.1 Å². The molecule has 3 unspecified atom stereocenters. The van der Waals surface area contributed by atoms with Crippen molar-refractivity contribution >= 4 is 29.5 Å². The van der Waals surface area contributed by atoms with Crippen LogP contribution in [0.4, 0.5) is 0 Å². The van der Waals surface area contributed by atoms with Crippen molar-refractivity contribution in [3.63, 3.8) is 0 Å². The maximum atomic E-state index is 13.6. The third-order valence-corrected chi connectivity index (χ3v) is 9.02. The van der Waals surface area contributed by atoms with Gasteiger partial charge in [0.2, 0.25) is 17.7 Å². The zero-order valence-corrected chi connectivity index (χ0v) is 19.9. The molecule has 0 aromatic heterocycles. The van der Waals surface area contributed by atoms with Gasteiger partial charge in [-0.15, -0.1) is 11.8 Å². The molecule has 0 aliphatic carbocycles. The highest BCUT2D eigenvalue weighted by Crippen LogP contribution is 2.68. The Morgan fingerprint density at radius 3 is 2.53 bits per heavy atom. The molecule has 8 heteroatoms. The summed E-state index contributed by atoms with van der Waals surface area (Å²) in [5, 5.41) is 15.7. The first-order chi connectivity index (χ1) is 15.1. The van der Waals surface area contributed by atoms with Crippen molar-refractivity contribution in [2.75, 3.05) is 13.2 Å². The van der Waals surface area contributed by atoms with Crippen molar-refractivity contribution in [1.29, 1.82) is 0 Å². The van der Waals surface area contributed by atoms with Gasteiger partial charge in [-0.05, 0) is 38.7 Å². The number of nitrogens with zero attached hydrogens (tertiary/aromatic N) is 1. The standard InChI is InChI=1S/C24H33N3O4S/c1-14-12-16-17(20(29)25-13-15-8-6-5-7-9-15)18-22(31)27(10-11-28)19(24(14,18)32-16)21(30)26-23(2,3)4/h5-9,14,16-19,28H,10-13H2,1-4H3,(H,25,29)(H,26,30)/t14?,16-,17+,18+,19?,24?/m1/s1. The van der Waals surface area contributed by atoms with Gasteiger partial charge in [0.05, 0.1) is 23.2 Å². The average molecular weight is 460 g/mol. The monoisotopic (exact) mass is 459 g/mol. The second-order valence-electron chi connectivity index (χ2n) is 10.3. The highest BCUT2D eigenvalue weighted by Gasteiger charge is 2.75. The van der Waals surface area contributed by atoms with E-state index < -0.39 is 28.2 Å². The zero-order valence-electron chi connectivity index (χ0n) is 19.1. The lowest BCUT2D eigenvalue weighted by Crippen LogP contribution is -2.59. The summed E-state index contributed by atoms with van der Waals surface area (Å²) in [7, 11) is 0. The molecule has 3 fully saturated rings. The fourth-order valence-electron chi connectivity index (χ4n) is 5.81. The van der Waals surface area contributed by atoms with Crippen molar-refractivity contribution in [3.8, 4) is 0 Å². The van der Waals surface area contributed by atoms with Crippen LogP contribution < -0.4 is 10.6 Å². The summed E-state index contributed by atoms with van der Waals surface area (Å²) in [6.45, 7) is 8.11. The van der Waals surface area contributed by atoms with Crippen LogP contribution in [0.3, 0.4) is 0 Å². The summed E-state index contributed by atoms with van der Waals surface area (Å²) < 4.78 is -0.652. The smallest absolute Gasteiger partial charge is 0.244 e. The fourth-order valence-corrected chi connectivity index (χ4v) is 8.23. The molecule has 32 heavy (non-hydrogen) atoms. The fraction of sp³-hybridized carbons (Fsp3) is 0.625. The highest BCUT2D eigenvalue weighted by molar-refractivity contribution is 8.02. The van der Waals surface area contributed by atoms with Crippen LogP contribution in [0.5, 0.6) is 0 Å². The largest absolute Gasteiger partial charge is 0.395 e. The number of aliphatic hydroxyl groups is 1. The molecular formula is C24H33N3O4S. The SMILES string of the molecule is CC1C[C@H]2SC13C(C(=O)NC(C)(C)C)N(CCO)C(=O)[C@@H]3[C@H]2C(=O)NCc1ccccc1. The number of likely N-dealkylation sites (tertiary alicyclic amines) is 1. The molecule has 3 heterocycles. The third-order valence-electron chi connectivity index (χ3n) is 6.95. The first kappa shape index (κ1) is 23.1. The van der Waals surface area contributed by atoms with E-state index in [0.29, 0.717) is 6.54 Å². The van der Waals surface area contributed by atoms with Crippen LogP contribution >= 0.6 is 11.8 Å². The number of benzene rings is 1. The van der Waals surface area contributed by atoms with E-state index in [1.54, 1.807) is 11.8 Å². The highest BCUT2D eigenvalue weighted by atomic mass is 32.2. The van der Waals surface area contributed by atoms with E-state index in [2.05, 4.69) is 17.6 Å². The van der Waals surface area contributed by atoms with Gasteiger partial charge in [0.1, 0.15) is 6.04 Å². The van der Waals surface area contributed by atoms with Gasteiger partial charge >= 0.3 is 0 Å². The third kappa shape index (κ3) is 3.71. The van der Waals surface area contributed by atoms with Gasteiger partial charge in [-0.2, -0.15) is 0 Å². The van der Waals surface area contributed by atoms with Crippen molar-refractivity contribution in [1.82, 2.24) is 15.5 Å². The van der Waals surface area contributed by atoms with Crippen LogP contribution in [0.25, 0.3) is 0 Å². The summed E-state index contributed by atoms with van der Waals surface area (Å²) in [4.78, 5) is 41.9. The molecule has 0 radical (unpaired) electrons. The number of thioether (sulfide) groups is 1. The van der Waals surface area contributed by atoms with Gasteiger partial charge in [-0.3, -0.25) is 14.4 Å². The maximum absolute atomic E-state index is 13.6. The Labute approximate surface area is 193 Å². The molecule has 1 spiro atoms. The lowest BCUT2D eigenvalue weighted by Gasteiger charge is -2.39. The lowest BCUT2D eigenvalue weighted by molar-refractivity contribution is -0.140. The van der Waals surface area contributed by atoms with E-state index in [4.69, 9.17) is 0 Å². The topological polar surface area (TPSA) is 98.7 Å². The average Bonchev–Trinajstić information content (AvgIpc) is 3.30. The molecule has 1 aromatic carbocycles. The molecule has 0 saturated carbocycles. The van der Waals surface area contributed by atoms with Crippen molar-refractivity contribution in [2.24, 2.45) is 17.8 Å². The number of nitrogens with one attached hydrogen (secondary N) is 2. The lowest BCUT2D eigenvalue weighted by atomic mass is 9.65. The number of β-amino-alcohol motifs (C(OH)–C–C–N with tert-alkyl or cyclic N) is 1. The first-order valence-corrected chi connectivity index (χ1v) is 12.2. The Balaban J connectivity index is 1.64. The molecule has 3 aliphatic rings. The molecule has 174 valence electrons. The van der Waals surface area contributed by atoms with E-state index in [-0.39, 0.29) is 42.0 Å². The van der Waals surface area contributed by atoms with Crippen LogP contribution in [0.1, 0.15) is 39.7 Å². The minimum Gasteiger partial charge on any atom is -0.395 e. The van der Waals surface area contributed by atoms with Gasteiger partial charge in [0.25, 0.3) is 0 Å². The van der Waals surface area contributed by atoms with Crippen LogP contribution in [0, 0.1) is 17.8 Å². The van der Waals surface area contributed by atoms with E-state index in [9.17, 15) is 19.5 Å². The number of rotatable bonds is 6. The van der Waals surface area contributed by atoms with Crippen molar-refractivity contribution < 1.29 is 19.5 Å². The molecule has 3 amide bonds. The van der Waals surface area contributed by atoms with Gasteiger partial charge in [-0.25, -0.2) is 0 Å². The Morgan fingerprint density at radius 2 is 1.91 bits per heavy atom. The van der Waals surface area contributed by atoms with Gasteiger partial charge in [0, 0.05) is 23.9 Å². The molecule has 6 atom stereocenters. The minimum absolute atomic E-state index is 0.0101. The Morgan fingerprint density at radius 1 is 1.22 bits per heavy atom. The van der Waals surface area contributed by atoms with Crippen molar-refractivity contribution in [2.45, 2.75) is 62.2 Å². The number of aliphatic hydroxyl groups excluding tert-OH is 1. The number of carbonyl (C=O) groups is 3. The van der Waals surface area contributed by atoms with E-state index in [1.165, 1.54) is 4.90 Å². The predicted octanol–water partition coefficient (Wildman–Crippen LogP) is 1.55. The molecule has 4 rings (SSSR count). The van der Waals surface area contributed by atoms with Gasteiger partial charge < -0.3 is 20.6 Å². The molecule has 3 N–H and O–H groups in total. The Kier molecular flexibility index (Phi) is 6.05. The summed E-state index contributed by atoms with van der Waals surface area (Å²) in [5.74, 6) is -1.43. The number of hydrogen-bond donors (Lipinski definition) is 3. The van der Waals surface area contributed by atoms with E-state index >= 15 is 0 Å². The summed E-state index contributed by atoms with van der Waals surface area (Å²) >= 11 is 1.65. The molecule has 2 bridgehead atoms. The summed E-state index contributed by atoms with van der Waals surface area (Å²) in [6.07, 6.45) is 0.796. The number of fused-ring (bicyclic) bond motifs is 1. The Hall–Kier alpha value is -2.06. The molecule has 3 aliphatic heterocycles.